The molecule has 2 aliphatic carbocycles. The van der Waals surface area contributed by atoms with Gasteiger partial charge in [-0.05, 0) is 73.0 Å². The summed E-state index contributed by atoms with van der Waals surface area (Å²) in [5.41, 5.74) is 11.5. The molecular formula is C27H32N4OS2. The average Bonchev–Trinajstić information content (AvgIpc) is 3.32. The van der Waals surface area contributed by atoms with Crippen LogP contribution < -0.4 is 11.1 Å². The van der Waals surface area contributed by atoms with E-state index in [-0.39, 0.29) is 5.91 Å². The number of carbonyl (C=O) groups excluding carboxylic acids is 1. The molecule has 3 heterocycles. The van der Waals surface area contributed by atoms with Gasteiger partial charge in [0.2, 0.25) is 0 Å². The average molecular weight is 493 g/mol. The number of nitrogens with one attached hydrogen (secondary N) is 1. The molecule has 0 aliphatic heterocycles. The molecule has 3 aromatic heterocycles. The topological polar surface area (TPSA) is 91.8 Å². The number of amides is 1. The van der Waals surface area contributed by atoms with E-state index < -0.39 is 0 Å². The fraction of sp³-hybridized carbons (Fsp3) is 0.519. The standard InChI is InChI=1S/C27H32N4OS2/c1-5-27(3,4)16-7-9-20-15(11-16)12-18-22(29)23(34-25(18)30-20)24(32)31-26-19(13-28)17-8-6-14(2)10-21(17)33-26/h12,14,16H,5-11,29H2,1-4H3,(H,31,32)/t14-,16+/m0/s1. The van der Waals surface area contributed by atoms with Gasteiger partial charge in [-0.15, -0.1) is 22.7 Å². The molecule has 1 amide bonds. The number of nitrogens with zero attached hydrogens (tertiary/aromatic N) is 2. The minimum atomic E-state index is -0.244. The highest BCUT2D eigenvalue weighted by atomic mass is 32.1. The summed E-state index contributed by atoms with van der Waals surface area (Å²) >= 11 is 2.90. The molecule has 0 spiro atoms. The van der Waals surface area contributed by atoms with E-state index in [1.54, 1.807) is 11.3 Å². The second-order valence-corrected chi connectivity index (χ2v) is 12.8. The molecule has 3 aromatic rings. The molecule has 0 aromatic carbocycles. The summed E-state index contributed by atoms with van der Waals surface area (Å²) in [5, 5.41) is 14.3. The number of hydrogen-bond acceptors (Lipinski definition) is 6. The minimum Gasteiger partial charge on any atom is -0.397 e. The van der Waals surface area contributed by atoms with Crippen LogP contribution >= 0.6 is 22.7 Å². The van der Waals surface area contributed by atoms with Gasteiger partial charge in [0.1, 0.15) is 20.8 Å². The van der Waals surface area contributed by atoms with Crippen molar-refractivity contribution in [3.63, 3.8) is 0 Å². The van der Waals surface area contributed by atoms with Crippen molar-refractivity contribution < 1.29 is 4.79 Å². The van der Waals surface area contributed by atoms with Crippen LogP contribution in [0.3, 0.4) is 0 Å². The highest BCUT2D eigenvalue weighted by Gasteiger charge is 2.32. The van der Waals surface area contributed by atoms with Crippen molar-refractivity contribution in [3.8, 4) is 6.07 Å². The van der Waals surface area contributed by atoms with Crippen LogP contribution in [0.5, 0.6) is 0 Å². The van der Waals surface area contributed by atoms with Crippen molar-refractivity contribution in [1.29, 1.82) is 5.26 Å². The Hall–Kier alpha value is -2.43. The SMILES string of the molecule is CCC(C)(C)[C@@H]1CCc2nc3sc(C(=O)Nc4sc5c(c4C#N)CC[C@H](C)C5)c(N)c3cc2C1. The number of nitrogens with two attached hydrogens (primary N) is 1. The third-order valence-electron chi connectivity index (χ3n) is 8.16. The van der Waals surface area contributed by atoms with Gasteiger partial charge in [-0.3, -0.25) is 4.79 Å². The van der Waals surface area contributed by atoms with Crippen LogP contribution in [-0.4, -0.2) is 10.9 Å². The first-order valence-corrected chi connectivity index (χ1v) is 13.9. The molecule has 0 fully saturated rings. The van der Waals surface area contributed by atoms with Gasteiger partial charge in [0, 0.05) is 16.0 Å². The van der Waals surface area contributed by atoms with Crippen LogP contribution in [0.4, 0.5) is 10.7 Å². The van der Waals surface area contributed by atoms with Crippen molar-refractivity contribution in [1.82, 2.24) is 4.98 Å². The molecule has 5 rings (SSSR count). The summed E-state index contributed by atoms with van der Waals surface area (Å²) in [4.78, 5) is 20.8. The molecule has 2 atom stereocenters. The van der Waals surface area contributed by atoms with Crippen LogP contribution in [0.25, 0.3) is 10.2 Å². The number of carbonyl (C=O) groups is 1. The lowest BCUT2D eigenvalue weighted by Crippen LogP contribution is -2.29. The molecule has 0 radical (unpaired) electrons. The van der Waals surface area contributed by atoms with Crippen molar-refractivity contribution in [2.75, 3.05) is 11.1 Å². The van der Waals surface area contributed by atoms with Gasteiger partial charge >= 0.3 is 0 Å². The third-order valence-corrected chi connectivity index (χ3v) is 10.4. The number of nitriles is 1. The maximum absolute atomic E-state index is 13.3. The number of rotatable bonds is 4. The zero-order chi connectivity index (χ0) is 24.2. The molecule has 178 valence electrons. The summed E-state index contributed by atoms with van der Waals surface area (Å²) in [7, 11) is 0. The number of pyridine rings is 1. The van der Waals surface area contributed by atoms with Gasteiger partial charge in [0.15, 0.2) is 0 Å². The van der Waals surface area contributed by atoms with E-state index in [1.165, 1.54) is 21.8 Å². The summed E-state index contributed by atoms with van der Waals surface area (Å²) in [6.07, 6.45) is 7.26. The molecule has 34 heavy (non-hydrogen) atoms. The number of fused-ring (bicyclic) bond motifs is 3. The Morgan fingerprint density at radius 1 is 1.29 bits per heavy atom. The molecule has 0 unspecified atom stereocenters. The van der Waals surface area contributed by atoms with Crippen molar-refractivity contribution >= 4 is 49.5 Å². The van der Waals surface area contributed by atoms with Crippen molar-refractivity contribution in [3.05, 3.63) is 38.2 Å². The van der Waals surface area contributed by atoms with Gasteiger partial charge in [-0.1, -0.05) is 34.1 Å². The Labute approximate surface area is 209 Å². The largest absolute Gasteiger partial charge is 0.397 e. The number of thiophene rings is 2. The summed E-state index contributed by atoms with van der Waals surface area (Å²) in [5.74, 6) is 0.995. The fourth-order valence-electron chi connectivity index (χ4n) is 5.43. The second-order valence-electron chi connectivity index (χ2n) is 10.7. The monoisotopic (exact) mass is 492 g/mol. The summed E-state index contributed by atoms with van der Waals surface area (Å²) in [6, 6.07) is 4.50. The van der Waals surface area contributed by atoms with Crippen LogP contribution in [0.15, 0.2) is 6.07 Å². The van der Waals surface area contributed by atoms with E-state index in [0.29, 0.717) is 38.4 Å². The van der Waals surface area contributed by atoms with Crippen LogP contribution in [0.2, 0.25) is 0 Å². The zero-order valence-electron chi connectivity index (χ0n) is 20.4. The maximum atomic E-state index is 13.3. The van der Waals surface area contributed by atoms with E-state index in [0.717, 1.165) is 66.4 Å². The second kappa shape index (κ2) is 8.66. The van der Waals surface area contributed by atoms with Gasteiger partial charge in [0.25, 0.3) is 5.91 Å². The normalized spacial score (nSPS) is 20.0. The highest BCUT2D eigenvalue weighted by Crippen LogP contribution is 2.43. The summed E-state index contributed by atoms with van der Waals surface area (Å²) in [6.45, 7) is 9.22. The van der Waals surface area contributed by atoms with E-state index in [9.17, 15) is 10.1 Å². The number of hydrogen-bond donors (Lipinski definition) is 2. The number of aryl methyl sites for hydroxylation is 1. The van der Waals surface area contributed by atoms with Gasteiger partial charge < -0.3 is 11.1 Å². The van der Waals surface area contributed by atoms with Gasteiger partial charge in [0.05, 0.1) is 11.3 Å². The smallest absolute Gasteiger partial charge is 0.268 e. The third kappa shape index (κ3) is 3.91. The Bertz CT molecular complexity index is 1330. The van der Waals surface area contributed by atoms with E-state index in [4.69, 9.17) is 10.7 Å². The molecule has 2 aliphatic rings. The Kier molecular flexibility index (Phi) is 5.94. The van der Waals surface area contributed by atoms with E-state index >= 15 is 0 Å². The molecule has 0 saturated carbocycles. The molecule has 5 nitrogen and oxygen atoms in total. The fourth-order valence-corrected chi connectivity index (χ4v) is 7.78. The number of aromatic nitrogens is 1. The lowest BCUT2D eigenvalue weighted by atomic mass is 9.69. The van der Waals surface area contributed by atoms with Crippen LogP contribution in [0.1, 0.15) is 83.9 Å². The zero-order valence-corrected chi connectivity index (χ0v) is 22.0. The van der Waals surface area contributed by atoms with Crippen molar-refractivity contribution in [2.45, 2.75) is 72.6 Å². The van der Waals surface area contributed by atoms with Crippen LogP contribution in [-0.2, 0) is 25.7 Å². The first kappa shape index (κ1) is 23.3. The van der Waals surface area contributed by atoms with Crippen molar-refractivity contribution in [2.24, 2.45) is 17.3 Å². The van der Waals surface area contributed by atoms with Gasteiger partial charge in [-0.25, -0.2) is 4.98 Å². The number of anilines is 2. The lowest BCUT2D eigenvalue weighted by Gasteiger charge is -2.36. The number of nitrogen functional groups attached to an aromatic ring is 1. The summed E-state index contributed by atoms with van der Waals surface area (Å²) < 4.78 is 0. The molecule has 7 heteroatoms. The van der Waals surface area contributed by atoms with E-state index in [2.05, 4.69) is 45.1 Å². The highest BCUT2D eigenvalue weighted by molar-refractivity contribution is 7.21. The molecule has 0 bridgehead atoms. The first-order valence-electron chi connectivity index (χ1n) is 12.3. The van der Waals surface area contributed by atoms with Crippen LogP contribution in [0, 0.1) is 28.6 Å². The Morgan fingerprint density at radius 2 is 2.09 bits per heavy atom. The molecular weight excluding hydrogens is 460 g/mol. The quantitative estimate of drug-likeness (QED) is 0.422. The van der Waals surface area contributed by atoms with Gasteiger partial charge in [-0.2, -0.15) is 5.26 Å². The molecule has 3 N–H and O–H groups in total. The Morgan fingerprint density at radius 3 is 2.82 bits per heavy atom. The van der Waals surface area contributed by atoms with E-state index in [1.807, 2.05) is 0 Å². The maximum Gasteiger partial charge on any atom is 0.268 e. The predicted octanol–water partition coefficient (Wildman–Crippen LogP) is 6.73. The molecule has 0 saturated heterocycles. The lowest BCUT2D eigenvalue weighted by molar-refractivity contribution is 0.103. The Balaban J connectivity index is 1.45. The predicted molar refractivity (Wildman–Crippen MR) is 142 cm³/mol. The minimum absolute atomic E-state index is 0.244. The first-order chi connectivity index (χ1) is 16.2.